The summed E-state index contributed by atoms with van der Waals surface area (Å²) in [6.07, 6.45) is 0. The van der Waals surface area contributed by atoms with Crippen LogP contribution in [0.2, 0.25) is 0 Å². The van der Waals surface area contributed by atoms with Gasteiger partial charge in [-0.2, -0.15) is 0 Å². The lowest BCUT2D eigenvalue weighted by Crippen LogP contribution is -2.86. The van der Waals surface area contributed by atoms with Crippen LogP contribution < -0.4 is 5.73 Å². The summed E-state index contributed by atoms with van der Waals surface area (Å²) >= 11 is 0. The lowest BCUT2D eigenvalue weighted by molar-refractivity contribution is -0.640. The van der Waals surface area contributed by atoms with E-state index in [0.717, 1.165) is 0 Å². The molecule has 1 aliphatic heterocycles. The Bertz CT molecular complexity index is 687. The zero-order valence-electron chi connectivity index (χ0n) is 25.3. The summed E-state index contributed by atoms with van der Waals surface area (Å²) in [5.41, 5.74) is 2.81. The third-order valence-electron chi connectivity index (χ3n) is 4.11. The molecule has 2 N–H and O–H groups in total. The van der Waals surface area contributed by atoms with Crippen molar-refractivity contribution in [2.75, 3.05) is 20.3 Å². The third-order valence-corrected chi connectivity index (χ3v) is 4.11. The highest BCUT2D eigenvalue weighted by molar-refractivity contribution is 5.03. The van der Waals surface area contributed by atoms with Crippen molar-refractivity contribution in [3.63, 3.8) is 0 Å². The number of methoxy groups -OCH3 is 1. The minimum atomic E-state index is -1.70. The van der Waals surface area contributed by atoms with Gasteiger partial charge in [-0.3, -0.25) is 20.2 Å². The fourth-order valence-electron chi connectivity index (χ4n) is 3.56. The van der Waals surface area contributed by atoms with E-state index in [9.17, 15) is 0 Å². The van der Waals surface area contributed by atoms with E-state index in [4.69, 9.17) is 34.5 Å². The van der Waals surface area contributed by atoms with Crippen molar-refractivity contribution in [3.8, 4) is 0 Å². The molecule has 0 saturated carbocycles. The first-order valence-electron chi connectivity index (χ1n) is 12.4. The van der Waals surface area contributed by atoms with Crippen LogP contribution in [-0.2, 0) is 28.7 Å². The van der Waals surface area contributed by atoms with Gasteiger partial charge in [0.05, 0.1) is 41.2 Å². The van der Waals surface area contributed by atoms with Gasteiger partial charge in [0.25, 0.3) is 0 Å². The Balaban J connectivity index is 4.00. The van der Waals surface area contributed by atoms with E-state index in [1.165, 1.54) is 10.5 Å². The van der Waals surface area contributed by atoms with Crippen LogP contribution in [0, 0.1) is 0 Å². The zero-order chi connectivity index (χ0) is 27.9. The van der Waals surface area contributed by atoms with Crippen molar-refractivity contribution in [1.29, 1.82) is 0 Å². The first-order chi connectivity index (χ1) is 15.2. The number of nitrogens with two attached hydrogens (primary N) is 1. The van der Waals surface area contributed by atoms with Gasteiger partial charge in [0.15, 0.2) is 5.60 Å². The highest BCUT2D eigenvalue weighted by Crippen LogP contribution is 2.44. The summed E-state index contributed by atoms with van der Waals surface area (Å²) in [4.78, 5) is 19.3. The second kappa shape index (κ2) is 10.4. The average molecular weight is 507 g/mol. The van der Waals surface area contributed by atoms with Crippen molar-refractivity contribution >= 4 is 0 Å². The Hall–Kier alpha value is -0.400. The first kappa shape index (κ1) is 32.6. The molecule has 1 saturated heterocycles. The largest absolute Gasteiger partial charge is 0.381 e. The van der Waals surface area contributed by atoms with Crippen molar-refractivity contribution in [1.82, 2.24) is 15.6 Å². The van der Waals surface area contributed by atoms with E-state index in [1.807, 2.05) is 104 Å². The monoisotopic (exact) mass is 506 g/mol. The predicted molar refractivity (Wildman–Crippen MR) is 136 cm³/mol. The first-order valence-corrected chi connectivity index (χ1v) is 12.4. The Kier molecular flexibility index (Phi) is 9.69. The highest BCUT2D eigenvalue weighted by Gasteiger charge is 2.68. The van der Waals surface area contributed by atoms with Crippen LogP contribution >= 0.6 is 0 Å². The highest BCUT2D eigenvalue weighted by atomic mass is 17.0. The van der Waals surface area contributed by atoms with Crippen LogP contribution in [0.4, 0.5) is 0 Å². The van der Waals surface area contributed by atoms with Gasteiger partial charge in [-0.1, -0.05) is 5.17 Å². The molecule has 10 nitrogen and oxygen atoms in total. The average Bonchev–Trinajstić information content (AvgIpc) is 2.50. The van der Waals surface area contributed by atoms with E-state index in [0.29, 0.717) is 0 Å². The molecule has 0 radical (unpaired) electrons. The molecule has 1 heterocycles. The Labute approximate surface area is 214 Å². The van der Waals surface area contributed by atoms with E-state index in [-0.39, 0.29) is 13.2 Å². The summed E-state index contributed by atoms with van der Waals surface area (Å²) in [6.45, 7) is 29.3. The molecule has 10 heteroatoms. The van der Waals surface area contributed by atoms with Crippen molar-refractivity contribution in [3.05, 3.63) is 0 Å². The van der Waals surface area contributed by atoms with Gasteiger partial charge >= 0.3 is 0 Å². The van der Waals surface area contributed by atoms with Crippen LogP contribution in [0.15, 0.2) is 0 Å². The Morgan fingerprint density at radius 1 is 0.629 bits per heavy atom. The molecule has 0 amide bonds. The Morgan fingerprint density at radius 2 is 1.06 bits per heavy atom. The second-order valence-electron chi connectivity index (χ2n) is 14.2. The molecule has 0 bridgehead atoms. The maximum Gasteiger partial charge on any atom is 0.249 e. The van der Waals surface area contributed by atoms with Gasteiger partial charge in [-0.25, -0.2) is 0 Å². The summed E-state index contributed by atoms with van der Waals surface area (Å²) < 4.78 is 19.1. The molecule has 2 unspecified atom stereocenters. The number of hydrazine groups is 2. The molecule has 210 valence electrons. The fraction of sp³-hybridized carbons (Fsp3) is 1.00. The van der Waals surface area contributed by atoms with Crippen molar-refractivity contribution in [2.24, 2.45) is 5.73 Å². The maximum absolute atomic E-state index is 7.27. The van der Waals surface area contributed by atoms with Crippen LogP contribution in [0.1, 0.15) is 104 Å². The van der Waals surface area contributed by atoms with Crippen LogP contribution in [-0.4, -0.2) is 75.3 Å². The molecule has 0 aromatic carbocycles. The smallest absolute Gasteiger partial charge is 0.249 e. The van der Waals surface area contributed by atoms with Crippen LogP contribution in [0.5, 0.6) is 0 Å². The molecule has 2 atom stereocenters. The lowest BCUT2D eigenvalue weighted by atomic mass is 9.94. The topological polar surface area (TPSA) is 91.1 Å². The summed E-state index contributed by atoms with van der Waals surface area (Å²) in [7, 11) is 1.60. The number of rotatable bonds is 7. The number of ether oxygens (including phenoxy) is 3. The quantitative estimate of drug-likeness (QED) is 0.496. The van der Waals surface area contributed by atoms with Crippen LogP contribution in [0.25, 0.3) is 0 Å². The lowest BCUT2D eigenvalue weighted by Gasteiger charge is -2.62. The molecule has 0 aliphatic carbocycles. The number of nitrogens with zero attached hydrogens (tertiary/aromatic N) is 3. The number of hydrogen-bond acceptors (Lipinski definition) is 10. The second-order valence-corrected chi connectivity index (χ2v) is 14.2. The minimum absolute atomic E-state index is 0.0915. The third kappa shape index (κ3) is 9.77. The summed E-state index contributed by atoms with van der Waals surface area (Å²) in [6, 6.07) is 0. The Morgan fingerprint density at radius 3 is 1.40 bits per heavy atom. The van der Waals surface area contributed by atoms with Crippen molar-refractivity contribution in [2.45, 2.75) is 143 Å². The van der Waals surface area contributed by atoms with Gasteiger partial charge in [0.2, 0.25) is 5.85 Å². The van der Waals surface area contributed by atoms with E-state index in [2.05, 4.69) is 0 Å². The van der Waals surface area contributed by atoms with E-state index < -0.39 is 39.5 Å². The SMILES string of the molecule is COCC1(OC(C)(C)C)CN(OC(C)(C)C)N(OC(C)(C)C)N(OC(C)(C)C)C1(N)OC(C)(C)C. The molecule has 1 rings (SSSR count). The van der Waals surface area contributed by atoms with Gasteiger partial charge < -0.3 is 14.2 Å². The molecule has 0 aromatic heterocycles. The minimum Gasteiger partial charge on any atom is -0.381 e. The normalized spacial score (nSPS) is 27.0. The number of hydroxylamine groups is 2. The van der Waals surface area contributed by atoms with E-state index in [1.54, 1.807) is 12.3 Å². The molecular weight excluding hydrogens is 452 g/mol. The predicted octanol–water partition coefficient (Wildman–Crippen LogP) is 4.55. The van der Waals surface area contributed by atoms with Crippen molar-refractivity contribution < 1.29 is 28.7 Å². The fourth-order valence-corrected chi connectivity index (χ4v) is 3.56. The molecular formula is C25H54N4O6. The van der Waals surface area contributed by atoms with Gasteiger partial charge in [-0.15, -0.1) is 0 Å². The molecule has 35 heavy (non-hydrogen) atoms. The molecule has 1 aliphatic rings. The standard InChI is InChI=1S/C25H54N4O6/c1-19(2,3)31-24(18-30-16)17-27(33-21(7,8)9)29(35-23(13,14)15)28(34-22(10,11)12)25(24,26)32-20(4,5)6/h17-18,26H2,1-16H3. The van der Waals surface area contributed by atoms with Gasteiger partial charge in [0.1, 0.15) is 0 Å². The van der Waals surface area contributed by atoms with Gasteiger partial charge in [0, 0.05) is 12.4 Å². The van der Waals surface area contributed by atoms with Crippen LogP contribution in [0.3, 0.4) is 0 Å². The summed E-state index contributed by atoms with van der Waals surface area (Å²) in [5.74, 6) is -1.70. The maximum atomic E-state index is 7.27. The molecule has 1 fully saturated rings. The molecule has 0 aromatic rings. The summed E-state index contributed by atoms with van der Waals surface area (Å²) in [5, 5.41) is 4.37. The number of hydrogen-bond donors (Lipinski definition) is 1. The zero-order valence-corrected chi connectivity index (χ0v) is 25.3. The molecule has 0 spiro atoms. The van der Waals surface area contributed by atoms with Gasteiger partial charge in [-0.05, 0) is 109 Å². The van der Waals surface area contributed by atoms with E-state index >= 15 is 0 Å².